The fourth-order valence-corrected chi connectivity index (χ4v) is 3.71. The maximum absolute atomic E-state index is 11.3. The van der Waals surface area contributed by atoms with Crippen LogP contribution < -0.4 is 5.32 Å². The number of nitrogens with zero attached hydrogens (tertiary/aromatic N) is 2. The van der Waals surface area contributed by atoms with Crippen LogP contribution in [0.1, 0.15) is 37.7 Å². The van der Waals surface area contributed by atoms with Gasteiger partial charge in [-0.2, -0.15) is 0 Å². The molecular weight excluding hydrogens is 346 g/mol. The van der Waals surface area contributed by atoms with Crippen molar-refractivity contribution in [3.8, 4) is 0 Å². The zero-order valence-corrected chi connectivity index (χ0v) is 14.6. The third-order valence-corrected chi connectivity index (χ3v) is 5.04. The number of benzene rings is 1. The van der Waals surface area contributed by atoms with Gasteiger partial charge >= 0.3 is 11.9 Å². The number of rotatable bonds is 5. The van der Waals surface area contributed by atoms with E-state index in [0.29, 0.717) is 5.56 Å². The first-order valence-corrected chi connectivity index (χ1v) is 8.81. The molecule has 1 aliphatic heterocycles. The first kappa shape index (κ1) is 17.2. The van der Waals surface area contributed by atoms with Gasteiger partial charge in [0.2, 0.25) is 0 Å². The number of hydrogen-bond acceptors (Lipinski definition) is 4. The molecule has 0 bridgehead atoms. The standard InChI is InChI=1S/C20H19N3O4/c24-19(25)13-2-4-17-14(9-13)15-11-21-7-5-18(15)23(17)8-6-12-1-3-16(20(26)27)22-10-12/h1-4,9-10,21H,5-8,11H2,(H,24,25)(H,26,27). The Morgan fingerprint density at radius 1 is 1.15 bits per heavy atom. The van der Waals surface area contributed by atoms with Gasteiger partial charge in [-0.3, -0.25) is 0 Å². The number of fused-ring (bicyclic) bond motifs is 3. The lowest BCUT2D eigenvalue weighted by molar-refractivity contribution is 0.0682. The molecule has 0 atom stereocenters. The van der Waals surface area contributed by atoms with Crippen molar-refractivity contribution in [2.75, 3.05) is 6.54 Å². The summed E-state index contributed by atoms with van der Waals surface area (Å²) in [6.07, 6.45) is 3.21. The molecule has 1 aliphatic rings. The van der Waals surface area contributed by atoms with Gasteiger partial charge < -0.3 is 20.1 Å². The van der Waals surface area contributed by atoms with E-state index in [9.17, 15) is 14.7 Å². The van der Waals surface area contributed by atoms with Crippen LogP contribution in [0, 0.1) is 0 Å². The van der Waals surface area contributed by atoms with Crippen molar-refractivity contribution in [1.29, 1.82) is 0 Å². The summed E-state index contributed by atoms with van der Waals surface area (Å²) in [7, 11) is 0. The SMILES string of the molecule is O=C(O)c1ccc2c(c1)c1c(n2CCc2ccc(C(=O)O)nc2)CCNC1. The number of hydrogen-bond donors (Lipinski definition) is 3. The number of carbonyl (C=O) groups is 2. The van der Waals surface area contributed by atoms with Crippen LogP contribution in [-0.2, 0) is 25.9 Å². The fraction of sp³-hybridized carbons (Fsp3) is 0.250. The monoisotopic (exact) mass is 365 g/mol. The molecule has 27 heavy (non-hydrogen) atoms. The lowest BCUT2D eigenvalue weighted by Crippen LogP contribution is -2.24. The van der Waals surface area contributed by atoms with Crippen LogP contribution in [0.3, 0.4) is 0 Å². The topological polar surface area (TPSA) is 104 Å². The van der Waals surface area contributed by atoms with Gasteiger partial charge in [0.05, 0.1) is 5.56 Å². The number of pyridine rings is 1. The molecule has 0 spiro atoms. The first-order valence-electron chi connectivity index (χ1n) is 8.81. The third-order valence-electron chi connectivity index (χ3n) is 5.04. The van der Waals surface area contributed by atoms with Crippen LogP contribution in [0.4, 0.5) is 0 Å². The number of nitrogens with one attached hydrogen (secondary N) is 1. The molecule has 7 nitrogen and oxygen atoms in total. The van der Waals surface area contributed by atoms with Crippen LogP contribution in [0.2, 0.25) is 0 Å². The number of carboxylic acid groups (broad SMARTS) is 2. The molecule has 0 amide bonds. The van der Waals surface area contributed by atoms with Crippen molar-refractivity contribution in [3.63, 3.8) is 0 Å². The van der Waals surface area contributed by atoms with E-state index in [1.165, 1.54) is 17.3 Å². The molecule has 138 valence electrons. The lowest BCUT2D eigenvalue weighted by Gasteiger charge is -2.17. The molecule has 3 heterocycles. The average molecular weight is 365 g/mol. The third kappa shape index (κ3) is 3.17. The number of aromatic nitrogens is 2. The highest BCUT2D eigenvalue weighted by atomic mass is 16.4. The van der Waals surface area contributed by atoms with E-state index >= 15 is 0 Å². The number of carboxylic acids is 2. The van der Waals surface area contributed by atoms with E-state index in [4.69, 9.17) is 5.11 Å². The van der Waals surface area contributed by atoms with Crippen molar-refractivity contribution in [2.45, 2.75) is 25.9 Å². The Balaban J connectivity index is 1.68. The summed E-state index contributed by atoms with van der Waals surface area (Å²) in [5.74, 6) is -1.96. The quantitative estimate of drug-likeness (QED) is 0.641. The average Bonchev–Trinajstić information content (AvgIpc) is 3.00. The minimum absolute atomic E-state index is 0.0369. The summed E-state index contributed by atoms with van der Waals surface area (Å²) in [5, 5.41) is 22.6. The van der Waals surface area contributed by atoms with Crippen LogP contribution >= 0.6 is 0 Å². The van der Waals surface area contributed by atoms with Gasteiger partial charge in [0.1, 0.15) is 5.69 Å². The normalized spacial score (nSPS) is 13.5. The van der Waals surface area contributed by atoms with Gasteiger partial charge in [-0.25, -0.2) is 14.6 Å². The van der Waals surface area contributed by atoms with Crippen molar-refractivity contribution >= 4 is 22.8 Å². The second-order valence-electron chi connectivity index (χ2n) is 6.65. The Morgan fingerprint density at radius 2 is 2.00 bits per heavy atom. The van der Waals surface area contributed by atoms with Gasteiger partial charge in [-0.1, -0.05) is 6.07 Å². The van der Waals surface area contributed by atoms with Crippen molar-refractivity contribution < 1.29 is 19.8 Å². The molecule has 0 aliphatic carbocycles. The van der Waals surface area contributed by atoms with Crippen molar-refractivity contribution in [1.82, 2.24) is 14.9 Å². The van der Waals surface area contributed by atoms with E-state index in [2.05, 4.69) is 14.9 Å². The van der Waals surface area contributed by atoms with E-state index in [1.54, 1.807) is 24.4 Å². The lowest BCUT2D eigenvalue weighted by atomic mass is 10.0. The Kier molecular flexibility index (Phi) is 4.37. The summed E-state index contributed by atoms with van der Waals surface area (Å²) in [6.45, 7) is 2.35. The molecule has 0 saturated carbocycles. The molecule has 3 N–H and O–H groups in total. The minimum atomic E-state index is -1.03. The summed E-state index contributed by atoms with van der Waals surface area (Å²) in [5.41, 5.74) is 4.73. The highest BCUT2D eigenvalue weighted by molar-refractivity contribution is 5.95. The predicted molar refractivity (Wildman–Crippen MR) is 99.2 cm³/mol. The number of aryl methyl sites for hydroxylation is 2. The molecular formula is C20H19N3O4. The maximum Gasteiger partial charge on any atom is 0.354 e. The molecule has 3 aromatic rings. The van der Waals surface area contributed by atoms with Crippen LogP contribution in [0.25, 0.3) is 10.9 Å². The predicted octanol–water partition coefficient (Wildman–Crippen LogP) is 2.32. The maximum atomic E-state index is 11.3. The molecule has 4 rings (SSSR count). The molecule has 7 heteroatoms. The molecule has 0 unspecified atom stereocenters. The van der Waals surface area contributed by atoms with Crippen LogP contribution in [0.5, 0.6) is 0 Å². The van der Waals surface area contributed by atoms with Crippen molar-refractivity contribution in [3.05, 3.63) is 64.6 Å². The second kappa shape index (κ2) is 6.85. The molecule has 0 saturated heterocycles. The smallest absolute Gasteiger partial charge is 0.354 e. The van der Waals surface area contributed by atoms with Gasteiger partial charge in [0.15, 0.2) is 0 Å². The van der Waals surface area contributed by atoms with Gasteiger partial charge in [-0.05, 0) is 41.8 Å². The van der Waals surface area contributed by atoms with Crippen LogP contribution in [0.15, 0.2) is 36.5 Å². The Labute approximate surface area is 155 Å². The van der Waals surface area contributed by atoms with E-state index in [1.807, 2.05) is 6.07 Å². The van der Waals surface area contributed by atoms with Crippen molar-refractivity contribution in [2.24, 2.45) is 0 Å². The summed E-state index contributed by atoms with van der Waals surface area (Å²) in [4.78, 5) is 26.2. The first-order chi connectivity index (χ1) is 13.0. The fourth-order valence-electron chi connectivity index (χ4n) is 3.71. The Morgan fingerprint density at radius 3 is 2.70 bits per heavy atom. The van der Waals surface area contributed by atoms with Gasteiger partial charge in [0.25, 0.3) is 0 Å². The largest absolute Gasteiger partial charge is 0.478 e. The summed E-state index contributed by atoms with van der Waals surface area (Å²) < 4.78 is 2.25. The Bertz CT molecular complexity index is 1040. The minimum Gasteiger partial charge on any atom is -0.478 e. The molecule has 0 fully saturated rings. The van der Waals surface area contributed by atoms with E-state index in [0.717, 1.165) is 48.9 Å². The van der Waals surface area contributed by atoms with Crippen LogP contribution in [-0.4, -0.2) is 38.2 Å². The molecule has 0 radical (unpaired) electrons. The Hall–Kier alpha value is -3.19. The van der Waals surface area contributed by atoms with E-state index in [-0.39, 0.29) is 5.69 Å². The summed E-state index contributed by atoms with van der Waals surface area (Å²) >= 11 is 0. The summed E-state index contributed by atoms with van der Waals surface area (Å²) in [6, 6.07) is 8.58. The second-order valence-corrected chi connectivity index (χ2v) is 6.65. The van der Waals surface area contributed by atoms with Gasteiger partial charge in [0, 0.05) is 48.8 Å². The highest BCUT2D eigenvalue weighted by Crippen LogP contribution is 2.30. The zero-order valence-electron chi connectivity index (χ0n) is 14.6. The molecule has 2 aromatic heterocycles. The van der Waals surface area contributed by atoms with E-state index < -0.39 is 11.9 Å². The highest BCUT2D eigenvalue weighted by Gasteiger charge is 2.20. The molecule has 1 aromatic carbocycles. The number of aromatic carboxylic acids is 2. The van der Waals surface area contributed by atoms with Gasteiger partial charge in [-0.15, -0.1) is 0 Å². The zero-order chi connectivity index (χ0) is 19.0.